The van der Waals surface area contributed by atoms with Crippen molar-refractivity contribution in [2.75, 3.05) is 62.2 Å². The van der Waals surface area contributed by atoms with Crippen molar-refractivity contribution in [3.8, 4) is 0 Å². The van der Waals surface area contributed by atoms with E-state index in [1.807, 2.05) is 21.9 Å². The maximum atomic E-state index is 12.7. The van der Waals surface area contributed by atoms with Gasteiger partial charge in [0.05, 0.1) is 0 Å². The molecule has 2 aromatic rings. The van der Waals surface area contributed by atoms with E-state index in [9.17, 15) is 4.79 Å². The molecule has 0 bridgehead atoms. The first-order valence-corrected chi connectivity index (χ1v) is 9.72. The van der Waals surface area contributed by atoms with Crippen LogP contribution in [-0.2, 0) is 0 Å². The first kappa shape index (κ1) is 16.0. The maximum absolute atomic E-state index is 12.7. The first-order chi connectivity index (χ1) is 13.6. The summed E-state index contributed by atoms with van der Waals surface area (Å²) in [6.45, 7) is 7.16. The summed E-state index contributed by atoms with van der Waals surface area (Å²) in [6.07, 6.45) is 7.09. The lowest BCUT2D eigenvalue weighted by Crippen LogP contribution is -2.78. The number of hydrogen-bond acceptors (Lipinski definition) is 7. The Kier molecular flexibility index (Phi) is 3.16. The standard InChI is InChI=1S/C19H22N8O/c28-17(26-11-18(12-26)7-24(8-18)15-20-3-1-4-21-15)27-13-19(14-27)9-25(10-19)16-22-5-2-6-23-16/h1-6H,7-14H2. The lowest BCUT2D eigenvalue weighted by Gasteiger charge is -2.64. The number of hydrogen-bond donors (Lipinski definition) is 0. The molecule has 2 amide bonds. The molecule has 0 unspecified atom stereocenters. The average Bonchev–Trinajstić information content (AvgIpc) is 2.59. The highest BCUT2D eigenvalue weighted by Gasteiger charge is 2.58. The van der Waals surface area contributed by atoms with E-state index in [-0.39, 0.29) is 16.9 Å². The highest BCUT2D eigenvalue weighted by Crippen LogP contribution is 2.44. The third kappa shape index (κ3) is 2.35. The molecule has 9 nitrogen and oxygen atoms in total. The van der Waals surface area contributed by atoms with E-state index in [4.69, 9.17) is 0 Å². The number of anilines is 2. The molecule has 0 saturated carbocycles. The first-order valence-electron chi connectivity index (χ1n) is 9.72. The third-order valence-corrected chi connectivity index (χ3v) is 6.42. The largest absolute Gasteiger partial charge is 0.339 e. The molecule has 6 rings (SSSR count). The van der Waals surface area contributed by atoms with Crippen LogP contribution in [0, 0.1) is 10.8 Å². The van der Waals surface area contributed by atoms with Crippen molar-refractivity contribution in [3.05, 3.63) is 36.9 Å². The molecule has 2 aromatic heterocycles. The summed E-state index contributed by atoms with van der Waals surface area (Å²) in [4.78, 5) is 38.3. The maximum Gasteiger partial charge on any atom is 0.320 e. The molecule has 0 aliphatic carbocycles. The summed E-state index contributed by atoms with van der Waals surface area (Å²) in [5.74, 6) is 1.58. The monoisotopic (exact) mass is 378 g/mol. The van der Waals surface area contributed by atoms with Crippen LogP contribution in [0.15, 0.2) is 36.9 Å². The van der Waals surface area contributed by atoms with E-state index >= 15 is 0 Å². The molecule has 4 aliphatic heterocycles. The predicted molar refractivity (Wildman–Crippen MR) is 102 cm³/mol. The SMILES string of the molecule is O=C(N1CC2(C1)CN(c1ncccn1)C2)N1CC2(C1)CN(c1ncccn1)C2. The molecule has 0 N–H and O–H groups in total. The zero-order chi connectivity index (χ0) is 18.8. The number of urea groups is 1. The van der Waals surface area contributed by atoms with E-state index in [1.54, 1.807) is 24.8 Å². The molecule has 4 saturated heterocycles. The van der Waals surface area contributed by atoms with Gasteiger partial charge in [0, 0.05) is 88.0 Å². The molecule has 2 spiro atoms. The van der Waals surface area contributed by atoms with Gasteiger partial charge >= 0.3 is 6.03 Å². The van der Waals surface area contributed by atoms with E-state index in [2.05, 4.69) is 29.7 Å². The Morgan fingerprint density at radius 3 is 1.36 bits per heavy atom. The smallest absolute Gasteiger partial charge is 0.320 e. The molecule has 0 radical (unpaired) electrons. The van der Waals surface area contributed by atoms with Crippen molar-refractivity contribution in [3.63, 3.8) is 0 Å². The Labute approximate surface area is 163 Å². The van der Waals surface area contributed by atoms with Gasteiger partial charge in [-0.15, -0.1) is 0 Å². The van der Waals surface area contributed by atoms with Crippen LogP contribution in [0.3, 0.4) is 0 Å². The molecular formula is C19H22N8O. The summed E-state index contributed by atoms with van der Waals surface area (Å²) < 4.78 is 0. The summed E-state index contributed by atoms with van der Waals surface area (Å²) in [5, 5.41) is 0. The van der Waals surface area contributed by atoms with Crippen molar-refractivity contribution in [2.24, 2.45) is 10.8 Å². The van der Waals surface area contributed by atoms with Crippen LogP contribution in [0.2, 0.25) is 0 Å². The molecule has 6 heterocycles. The molecule has 0 atom stereocenters. The van der Waals surface area contributed by atoms with Gasteiger partial charge in [-0.3, -0.25) is 0 Å². The highest BCUT2D eigenvalue weighted by atomic mass is 16.2. The van der Waals surface area contributed by atoms with E-state index in [0.29, 0.717) is 0 Å². The Morgan fingerprint density at radius 2 is 1.00 bits per heavy atom. The van der Waals surface area contributed by atoms with Crippen LogP contribution in [0.5, 0.6) is 0 Å². The lowest BCUT2D eigenvalue weighted by atomic mass is 9.71. The number of nitrogens with zero attached hydrogens (tertiary/aromatic N) is 8. The van der Waals surface area contributed by atoms with Gasteiger partial charge in [0.2, 0.25) is 11.9 Å². The number of carbonyl (C=O) groups is 1. The Bertz CT molecular complexity index is 805. The van der Waals surface area contributed by atoms with Crippen molar-refractivity contribution >= 4 is 17.9 Å². The minimum Gasteiger partial charge on any atom is -0.339 e. The van der Waals surface area contributed by atoms with Crippen LogP contribution in [0.1, 0.15) is 0 Å². The molecule has 4 aliphatic rings. The van der Waals surface area contributed by atoms with Gasteiger partial charge in [-0.05, 0) is 12.1 Å². The van der Waals surface area contributed by atoms with Crippen molar-refractivity contribution in [1.82, 2.24) is 29.7 Å². The Morgan fingerprint density at radius 1 is 0.643 bits per heavy atom. The molecule has 144 valence electrons. The third-order valence-electron chi connectivity index (χ3n) is 6.42. The summed E-state index contributed by atoms with van der Waals surface area (Å²) in [5.41, 5.74) is 0.491. The molecule has 4 fully saturated rings. The lowest BCUT2D eigenvalue weighted by molar-refractivity contribution is -0.0447. The number of rotatable bonds is 2. The normalized spacial score (nSPS) is 23.7. The Hall–Kier alpha value is -2.97. The van der Waals surface area contributed by atoms with Crippen LogP contribution < -0.4 is 9.80 Å². The topological polar surface area (TPSA) is 81.6 Å². The Balaban J connectivity index is 0.973. The van der Waals surface area contributed by atoms with E-state index in [1.165, 1.54) is 0 Å². The van der Waals surface area contributed by atoms with Crippen LogP contribution in [0.25, 0.3) is 0 Å². The van der Waals surface area contributed by atoms with Gasteiger partial charge in [-0.2, -0.15) is 0 Å². The zero-order valence-corrected chi connectivity index (χ0v) is 15.6. The minimum absolute atomic E-state index is 0.195. The number of amides is 2. The second kappa shape index (κ2) is 5.52. The quantitative estimate of drug-likeness (QED) is 0.745. The van der Waals surface area contributed by atoms with Crippen molar-refractivity contribution in [1.29, 1.82) is 0 Å². The summed E-state index contributed by atoms with van der Waals surface area (Å²) in [6, 6.07) is 3.85. The fourth-order valence-electron chi connectivity index (χ4n) is 5.12. The minimum atomic E-state index is 0.195. The van der Waals surface area contributed by atoms with Gasteiger partial charge in [-0.1, -0.05) is 0 Å². The summed E-state index contributed by atoms with van der Waals surface area (Å²) in [7, 11) is 0. The van der Waals surface area contributed by atoms with Crippen LogP contribution >= 0.6 is 0 Å². The van der Waals surface area contributed by atoms with Crippen molar-refractivity contribution in [2.45, 2.75) is 0 Å². The van der Waals surface area contributed by atoms with E-state index < -0.39 is 0 Å². The zero-order valence-electron chi connectivity index (χ0n) is 15.6. The second-order valence-electron chi connectivity index (χ2n) is 8.80. The molecule has 28 heavy (non-hydrogen) atoms. The molecule has 0 aromatic carbocycles. The van der Waals surface area contributed by atoms with E-state index in [0.717, 1.165) is 64.3 Å². The van der Waals surface area contributed by atoms with Crippen molar-refractivity contribution < 1.29 is 4.79 Å². The molecule has 9 heteroatoms. The highest BCUT2D eigenvalue weighted by molar-refractivity contribution is 5.77. The summed E-state index contributed by atoms with van der Waals surface area (Å²) >= 11 is 0. The fraction of sp³-hybridized carbons (Fsp3) is 0.526. The number of likely N-dealkylation sites (tertiary alicyclic amines) is 2. The average molecular weight is 378 g/mol. The van der Waals surface area contributed by atoms with Crippen LogP contribution in [0.4, 0.5) is 16.7 Å². The predicted octanol–water partition coefficient (Wildman–Crippen LogP) is 0.331. The van der Waals surface area contributed by atoms with Gasteiger partial charge in [0.1, 0.15) is 0 Å². The fourth-order valence-corrected chi connectivity index (χ4v) is 5.12. The second-order valence-corrected chi connectivity index (χ2v) is 8.80. The molecular weight excluding hydrogens is 356 g/mol. The van der Waals surface area contributed by atoms with Gasteiger partial charge in [0.25, 0.3) is 0 Å². The van der Waals surface area contributed by atoms with Gasteiger partial charge < -0.3 is 19.6 Å². The number of aromatic nitrogens is 4. The van der Waals surface area contributed by atoms with Gasteiger partial charge in [0.15, 0.2) is 0 Å². The van der Waals surface area contributed by atoms with Crippen LogP contribution in [-0.4, -0.2) is 88.1 Å². The number of carbonyl (C=O) groups excluding carboxylic acids is 1. The van der Waals surface area contributed by atoms with Gasteiger partial charge in [-0.25, -0.2) is 24.7 Å².